The van der Waals surface area contributed by atoms with E-state index in [2.05, 4.69) is 10.1 Å². The van der Waals surface area contributed by atoms with E-state index < -0.39 is 21.9 Å². The van der Waals surface area contributed by atoms with E-state index in [0.717, 1.165) is 24.0 Å². The van der Waals surface area contributed by atoms with Gasteiger partial charge in [0.2, 0.25) is 10.0 Å². The summed E-state index contributed by atoms with van der Waals surface area (Å²) in [6.45, 7) is 3.18. The summed E-state index contributed by atoms with van der Waals surface area (Å²) < 4.78 is 32.4. The second-order valence-electron chi connectivity index (χ2n) is 7.93. The first-order valence-electron chi connectivity index (χ1n) is 10.5. The quantitative estimate of drug-likeness (QED) is 0.610. The second kappa shape index (κ2) is 10.1. The Morgan fingerprint density at radius 2 is 1.75 bits per heavy atom. The molecule has 1 aliphatic heterocycles. The SMILES string of the molecule is COC(=O)CN(C)C(=O)c1cc(NCc2ccc(C)cc2)cc(S(=O)(=O)N2CCCC2)c1. The fourth-order valence-corrected chi connectivity index (χ4v) is 5.10. The van der Waals surface area contributed by atoms with Crippen LogP contribution in [0.15, 0.2) is 47.4 Å². The van der Waals surface area contributed by atoms with Crippen molar-refractivity contribution in [3.63, 3.8) is 0 Å². The number of carbonyl (C=O) groups excluding carboxylic acids is 2. The first-order chi connectivity index (χ1) is 15.2. The fourth-order valence-electron chi connectivity index (χ4n) is 3.51. The van der Waals surface area contributed by atoms with Gasteiger partial charge in [-0.2, -0.15) is 4.31 Å². The zero-order valence-corrected chi connectivity index (χ0v) is 19.4. The molecule has 0 bridgehead atoms. The van der Waals surface area contributed by atoms with Crippen LogP contribution in [-0.2, 0) is 26.1 Å². The Morgan fingerprint density at radius 3 is 2.38 bits per heavy atom. The van der Waals surface area contributed by atoms with Crippen LogP contribution in [0.25, 0.3) is 0 Å². The molecule has 8 nitrogen and oxygen atoms in total. The van der Waals surface area contributed by atoms with Gasteiger partial charge in [0.15, 0.2) is 0 Å². The van der Waals surface area contributed by atoms with Crippen LogP contribution in [0.4, 0.5) is 5.69 Å². The minimum absolute atomic E-state index is 0.0584. The number of esters is 1. The number of methoxy groups -OCH3 is 1. The number of nitrogens with zero attached hydrogens (tertiary/aromatic N) is 2. The topological polar surface area (TPSA) is 96.0 Å². The fraction of sp³-hybridized carbons (Fsp3) is 0.391. The monoisotopic (exact) mass is 459 g/mol. The molecule has 172 valence electrons. The van der Waals surface area contributed by atoms with E-state index in [4.69, 9.17) is 0 Å². The zero-order chi connectivity index (χ0) is 23.3. The van der Waals surface area contributed by atoms with Crippen LogP contribution in [-0.4, -0.2) is 63.3 Å². The van der Waals surface area contributed by atoms with Crippen molar-refractivity contribution in [1.29, 1.82) is 0 Å². The lowest BCUT2D eigenvalue weighted by Gasteiger charge is -2.20. The Bertz CT molecular complexity index is 1080. The summed E-state index contributed by atoms with van der Waals surface area (Å²) in [6, 6.07) is 12.5. The number of anilines is 1. The smallest absolute Gasteiger partial charge is 0.325 e. The maximum Gasteiger partial charge on any atom is 0.325 e. The standard InChI is InChI=1S/C23H29N3O5S/c1-17-6-8-18(9-7-17)15-24-20-12-19(23(28)25(2)16-22(27)31-3)13-21(14-20)32(29,30)26-10-4-5-11-26/h6-9,12-14,24H,4-5,10-11,15-16H2,1-3H3. The van der Waals surface area contributed by atoms with Gasteiger partial charge in [-0.15, -0.1) is 0 Å². The molecule has 32 heavy (non-hydrogen) atoms. The minimum atomic E-state index is -3.73. The predicted octanol–water partition coefficient (Wildman–Crippen LogP) is 2.64. The maximum atomic E-state index is 13.2. The summed E-state index contributed by atoms with van der Waals surface area (Å²) in [5.41, 5.74) is 2.87. The predicted molar refractivity (Wildman–Crippen MR) is 122 cm³/mol. The first kappa shape index (κ1) is 23.7. The number of hydrogen-bond acceptors (Lipinski definition) is 6. The van der Waals surface area contributed by atoms with E-state index in [1.807, 2.05) is 31.2 Å². The number of ether oxygens (including phenoxy) is 1. The van der Waals surface area contributed by atoms with E-state index in [-0.39, 0.29) is 17.0 Å². The molecule has 1 N–H and O–H groups in total. The Hall–Kier alpha value is -2.91. The molecule has 9 heteroatoms. The summed E-state index contributed by atoms with van der Waals surface area (Å²) in [6.07, 6.45) is 1.64. The molecule has 0 radical (unpaired) electrons. The van der Waals surface area contributed by atoms with Gasteiger partial charge in [-0.3, -0.25) is 9.59 Å². The molecule has 0 aromatic heterocycles. The number of likely N-dealkylation sites (N-methyl/N-ethyl adjacent to an activating group) is 1. The van der Waals surface area contributed by atoms with Crippen molar-refractivity contribution in [1.82, 2.24) is 9.21 Å². The highest BCUT2D eigenvalue weighted by Crippen LogP contribution is 2.26. The molecular weight excluding hydrogens is 430 g/mol. The number of rotatable bonds is 8. The summed E-state index contributed by atoms with van der Waals surface area (Å²) in [7, 11) is -1.01. The number of aryl methyl sites for hydroxylation is 1. The van der Waals surface area contributed by atoms with Crippen LogP contribution in [0.5, 0.6) is 0 Å². The molecule has 0 aliphatic carbocycles. The van der Waals surface area contributed by atoms with Crippen molar-refractivity contribution in [3.05, 3.63) is 59.2 Å². The molecular formula is C23H29N3O5S. The summed E-state index contributed by atoms with van der Waals surface area (Å²) in [4.78, 5) is 25.8. The number of carbonyl (C=O) groups is 2. The first-order valence-corrected chi connectivity index (χ1v) is 11.9. The van der Waals surface area contributed by atoms with Gasteiger partial charge in [0, 0.05) is 37.9 Å². The largest absolute Gasteiger partial charge is 0.468 e. The highest BCUT2D eigenvalue weighted by molar-refractivity contribution is 7.89. The van der Waals surface area contributed by atoms with Crippen LogP contribution in [0, 0.1) is 6.92 Å². The van der Waals surface area contributed by atoms with Gasteiger partial charge in [0.25, 0.3) is 5.91 Å². The number of nitrogens with one attached hydrogen (secondary N) is 1. The number of amides is 1. The molecule has 0 atom stereocenters. The molecule has 2 aromatic rings. The minimum Gasteiger partial charge on any atom is -0.468 e. The Kier molecular flexibility index (Phi) is 7.52. The van der Waals surface area contributed by atoms with E-state index in [1.165, 1.54) is 29.4 Å². The third kappa shape index (κ3) is 5.66. The van der Waals surface area contributed by atoms with Crippen LogP contribution in [0.2, 0.25) is 0 Å². The molecule has 1 fully saturated rings. The van der Waals surface area contributed by atoms with E-state index in [1.54, 1.807) is 12.1 Å². The van der Waals surface area contributed by atoms with Crippen molar-refractivity contribution in [2.45, 2.75) is 31.2 Å². The average Bonchev–Trinajstić information content (AvgIpc) is 3.33. The van der Waals surface area contributed by atoms with Crippen molar-refractivity contribution < 1.29 is 22.7 Å². The normalized spacial score (nSPS) is 14.2. The average molecular weight is 460 g/mol. The molecule has 0 spiro atoms. The molecule has 3 rings (SSSR count). The molecule has 1 saturated heterocycles. The van der Waals surface area contributed by atoms with Gasteiger partial charge in [0.05, 0.1) is 12.0 Å². The van der Waals surface area contributed by atoms with Gasteiger partial charge in [0.1, 0.15) is 6.54 Å². The van der Waals surface area contributed by atoms with Crippen molar-refractivity contribution in [3.8, 4) is 0 Å². The number of hydrogen-bond donors (Lipinski definition) is 1. The third-order valence-corrected chi connectivity index (χ3v) is 7.29. The van der Waals surface area contributed by atoms with Crippen molar-refractivity contribution in [2.24, 2.45) is 0 Å². The summed E-state index contributed by atoms with van der Waals surface area (Å²) in [5, 5.41) is 3.22. The lowest BCUT2D eigenvalue weighted by molar-refractivity contribution is -0.141. The summed E-state index contributed by atoms with van der Waals surface area (Å²) in [5.74, 6) is -1.02. The molecule has 1 amide bonds. The van der Waals surface area contributed by atoms with Gasteiger partial charge in [-0.25, -0.2) is 8.42 Å². The van der Waals surface area contributed by atoms with Crippen molar-refractivity contribution >= 4 is 27.6 Å². The third-order valence-electron chi connectivity index (χ3n) is 5.41. The molecule has 0 saturated carbocycles. The Balaban J connectivity index is 1.92. The van der Waals surface area contributed by atoms with Crippen molar-refractivity contribution in [2.75, 3.05) is 39.1 Å². The highest BCUT2D eigenvalue weighted by Gasteiger charge is 2.29. The van der Waals surface area contributed by atoms with Gasteiger partial charge >= 0.3 is 5.97 Å². The van der Waals surface area contributed by atoms with Crippen LogP contribution in [0.1, 0.15) is 34.3 Å². The van der Waals surface area contributed by atoms with E-state index in [0.29, 0.717) is 25.3 Å². The Labute approximate surface area is 189 Å². The van der Waals surface area contributed by atoms with Gasteiger partial charge < -0.3 is 15.0 Å². The van der Waals surface area contributed by atoms with Crippen LogP contribution >= 0.6 is 0 Å². The zero-order valence-electron chi connectivity index (χ0n) is 18.6. The van der Waals surface area contributed by atoms with E-state index >= 15 is 0 Å². The molecule has 0 unspecified atom stereocenters. The molecule has 1 heterocycles. The number of benzene rings is 2. The van der Waals surface area contributed by atoms with Crippen LogP contribution < -0.4 is 5.32 Å². The van der Waals surface area contributed by atoms with Gasteiger partial charge in [-0.1, -0.05) is 29.8 Å². The van der Waals surface area contributed by atoms with E-state index in [9.17, 15) is 18.0 Å². The second-order valence-corrected chi connectivity index (χ2v) is 9.87. The maximum absolute atomic E-state index is 13.2. The Morgan fingerprint density at radius 1 is 1.09 bits per heavy atom. The highest BCUT2D eigenvalue weighted by atomic mass is 32.2. The lowest BCUT2D eigenvalue weighted by Crippen LogP contribution is -2.33. The molecule has 1 aliphatic rings. The lowest BCUT2D eigenvalue weighted by atomic mass is 10.1. The van der Waals surface area contributed by atoms with Gasteiger partial charge in [-0.05, 0) is 43.5 Å². The number of sulfonamides is 1. The molecule has 2 aromatic carbocycles. The summed E-state index contributed by atoms with van der Waals surface area (Å²) >= 11 is 0. The van der Waals surface area contributed by atoms with Crippen LogP contribution in [0.3, 0.4) is 0 Å².